The van der Waals surface area contributed by atoms with E-state index in [1.165, 1.54) is 30.3 Å². The lowest BCUT2D eigenvalue weighted by Gasteiger charge is -2.22. The first-order valence-corrected chi connectivity index (χ1v) is 12.4. The minimum atomic E-state index is -4.11. The number of nitrogens with zero attached hydrogens (tertiary/aromatic N) is 2. The summed E-state index contributed by atoms with van der Waals surface area (Å²) in [6.07, 6.45) is 1.04. The molecule has 0 saturated carbocycles. The third-order valence-electron chi connectivity index (χ3n) is 4.76. The molecule has 0 aliphatic carbocycles. The zero-order chi connectivity index (χ0) is 24.9. The molecule has 6 nitrogen and oxygen atoms in total. The van der Waals surface area contributed by atoms with Gasteiger partial charge in [-0.25, -0.2) is 18.2 Å². The van der Waals surface area contributed by atoms with E-state index in [-0.39, 0.29) is 32.1 Å². The average molecular weight is 543 g/mol. The molecule has 0 fully saturated rings. The number of rotatable bonds is 8. The molecule has 0 atom stereocenters. The second-order valence-corrected chi connectivity index (χ2v) is 10.4. The number of hydrogen-bond donors (Lipinski definition) is 1. The lowest BCUT2D eigenvalue weighted by Crippen LogP contribution is -2.39. The first kappa shape index (κ1) is 26.1. The lowest BCUT2D eigenvalue weighted by molar-refractivity contribution is -0.121. The third kappa shape index (κ3) is 6.34. The lowest BCUT2D eigenvalue weighted by atomic mass is 10.2. The van der Waals surface area contributed by atoms with E-state index in [1.807, 2.05) is 6.92 Å². The molecule has 3 rings (SSSR count). The monoisotopic (exact) mass is 541 g/mol. The van der Waals surface area contributed by atoms with Crippen LogP contribution in [0.25, 0.3) is 0 Å². The highest BCUT2D eigenvalue weighted by Crippen LogP contribution is 2.28. The second-order valence-electron chi connectivity index (χ2n) is 7.21. The number of nitrogens with one attached hydrogen (secondary N) is 1. The van der Waals surface area contributed by atoms with Crippen LogP contribution in [-0.2, 0) is 21.4 Å². The normalized spacial score (nSPS) is 11.8. The van der Waals surface area contributed by atoms with Crippen LogP contribution < -0.4 is 5.43 Å². The van der Waals surface area contributed by atoms with Crippen LogP contribution in [0.5, 0.6) is 0 Å². The van der Waals surface area contributed by atoms with Gasteiger partial charge in [0.1, 0.15) is 5.82 Å². The summed E-state index contributed by atoms with van der Waals surface area (Å²) in [6, 6.07) is 15.1. The van der Waals surface area contributed by atoms with Crippen molar-refractivity contribution >= 4 is 56.9 Å². The Balaban J connectivity index is 1.86. The van der Waals surface area contributed by atoms with Gasteiger partial charge in [0, 0.05) is 27.7 Å². The van der Waals surface area contributed by atoms with E-state index >= 15 is 0 Å². The van der Waals surface area contributed by atoms with Crippen LogP contribution in [0.1, 0.15) is 16.7 Å². The van der Waals surface area contributed by atoms with Crippen molar-refractivity contribution in [2.24, 2.45) is 5.10 Å². The van der Waals surface area contributed by atoms with E-state index in [9.17, 15) is 17.6 Å². The molecule has 1 N–H and O–H groups in total. The van der Waals surface area contributed by atoms with Gasteiger partial charge in [-0.3, -0.25) is 4.79 Å². The van der Waals surface area contributed by atoms with Crippen molar-refractivity contribution in [2.45, 2.75) is 18.4 Å². The zero-order valence-corrected chi connectivity index (χ0v) is 20.9. The quantitative estimate of drug-likeness (QED) is 0.304. The molecule has 0 aromatic heterocycles. The van der Waals surface area contributed by atoms with E-state index < -0.39 is 28.3 Å². The van der Waals surface area contributed by atoms with Gasteiger partial charge in [0.15, 0.2) is 0 Å². The van der Waals surface area contributed by atoms with E-state index in [2.05, 4.69) is 10.5 Å². The van der Waals surface area contributed by atoms with Crippen LogP contribution in [-0.4, -0.2) is 31.4 Å². The Hall–Kier alpha value is -2.49. The van der Waals surface area contributed by atoms with Crippen molar-refractivity contribution in [3.63, 3.8) is 0 Å². The van der Waals surface area contributed by atoms with Gasteiger partial charge in [-0.15, -0.1) is 0 Å². The molecule has 11 heteroatoms. The highest BCUT2D eigenvalue weighted by molar-refractivity contribution is 7.89. The van der Waals surface area contributed by atoms with E-state index in [1.54, 1.807) is 30.3 Å². The fourth-order valence-corrected chi connectivity index (χ4v) is 5.04. The second kappa shape index (κ2) is 11.3. The summed E-state index contributed by atoms with van der Waals surface area (Å²) >= 11 is 18.4. The standard InChI is InChI=1S/C23H19Cl3FN3O3S/c1-15-8-10-16(11-9-15)34(32,33)30(13-18-20(25)4-2-5-21(18)26)14-23(31)29-28-12-17-19(24)6-3-7-22(17)27/h2-12H,13-14H2,1H3,(H,29,31)/b28-12-. The minimum Gasteiger partial charge on any atom is -0.272 e. The Bertz CT molecular complexity index is 1290. The van der Waals surface area contributed by atoms with Gasteiger partial charge < -0.3 is 0 Å². The minimum absolute atomic E-state index is 0.00397. The van der Waals surface area contributed by atoms with Crippen molar-refractivity contribution in [2.75, 3.05) is 6.54 Å². The highest BCUT2D eigenvalue weighted by Gasteiger charge is 2.28. The number of carbonyl (C=O) groups is 1. The molecule has 3 aromatic carbocycles. The Morgan fingerprint density at radius 3 is 2.21 bits per heavy atom. The van der Waals surface area contributed by atoms with Gasteiger partial charge >= 0.3 is 0 Å². The number of amides is 1. The van der Waals surface area contributed by atoms with E-state index in [4.69, 9.17) is 34.8 Å². The third-order valence-corrected chi connectivity index (χ3v) is 7.60. The van der Waals surface area contributed by atoms with Gasteiger partial charge in [0.25, 0.3) is 5.91 Å². The summed E-state index contributed by atoms with van der Waals surface area (Å²) in [6.45, 7) is 0.968. The number of halogens is 4. The zero-order valence-electron chi connectivity index (χ0n) is 17.8. The molecule has 0 aliphatic rings. The molecule has 0 saturated heterocycles. The summed E-state index contributed by atoms with van der Waals surface area (Å²) in [7, 11) is -4.11. The van der Waals surface area contributed by atoms with Gasteiger partial charge in [-0.1, -0.05) is 64.6 Å². The Kier molecular flexibility index (Phi) is 8.67. The molecule has 0 spiro atoms. The molecule has 0 bridgehead atoms. The highest BCUT2D eigenvalue weighted by atomic mass is 35.5. The molecular formula is C23H19Cl3FN3O3S. The van der Waals surface area contributed by atoms with Crippen molar-refractivity contribution in [1.29, 1.82) is 0 Å². The summed E-state index contributed by atoms with van der Waals surface area (Å²) in [4.78, 5) is 12.6. The first-order chi connectivity index (χ1) is 16.1. The summed E-state index contributed by atoms with van der Waals surface area (Å²) in [5.41, 5.74) is 3.40. The maximum Gasteiger partial charge on any atom is 0.255 e. The van der Waals surface area contributed by atoms with Crippen molar-refractivity contribution in [3.05, 3.63) is 98.2 Å². The van der Waals surface area contributed by atoms with E-state index in [0.29, 0.717) is 5.56 Å². The Labute approximate surface area is 212 Å². The van der Waals surface area contributed by atoms with Gasteiger partial charge in [-0.05, 0) is 43.3 Å². The topological polar surface area (TPSA) is 78.8 Å². The van der Waals surface area contributed by atoms with Crippen molar-refractivity contribution in [1.82, 2.24) is 9.73 Å². The van der Waals surface area contributed by atoms with Gasteiger partial charge in [-0.2, -0.15) is 9.41 Å². The molecule has 0 unspecified atom stereocenters. The summed E-state index contributed by atoms with van der Waals surface area (Å²) in [5, 5.41) is 4.32. The maximum absolute atomic E-state index is 13.9. The van der Waals surface area contributed by atoms with Crippen LogP contribution in [0.15, 0.2) is 70.7 Å². The summed E-state index contributed by atoms with van der Waals surface area (Å²) < 4.78 is 41.5. The summed E-state index contributed by atoms with van der Waals surface area (Å²) in [5.74, 6) is -1.38. The maximum atomic E-state index is 13.9. The molecule has 34 heavy (non-hydrogen) atoms. The average Bonchev–Trinajstić information content (AvgIpc) is 2.78. The van der Waals surface area contributed by atoms with Crippen molar-refractivity contribution < 1.29 is 17.6 Å². The number of benzene rings is 3. The number of carbonyl (C=O) groups excluding carboxylic acids is 1. The Morgan fingerprint density at radius 2 is 1.59 bits per heavy atom. The fourth-order valence-electron chi connectivity index (χ4n) is 2.94. The molecule has 0 radical (unpaired) electrons. The predicted molar refractivity (Wildman–Crippen MR) is 132 cm³/mol. The van der Waals surface area contributed by atoms with Crippen LogP contribution in [0.4, 0.5) is 4.39 Å². The molecular weight excluding hydrogens is 524 g/mol. The Morgan fingerprint density at radius 1 is 1.00 bits per heavy atom. The van der Waals surface area contributed by atoms with Crippen LogP contribution in [0, 0.1) is 12.7 Å². The fraction of sp³-hybridized carbons (Fsp3) is 0.130. The smallest absolute Gasteiger partial charge is 0.255 e. The SMILES string of the molecule is Cc1ccc(S(=O)(=O)N(CC(=O)N/N=C\c2c(F)cccc2Cl)Cc2c(Cl)cccc2Cl)cc1. The van der Waals surface area contributed by atoms with Crippen LogP contribution in [0.3, 0.4) is 0 Å². The molecule has 178 valence electrons. The molecule has 0 aliphatic heterocycles. The molecule has 0 heterocycles. The number of sulfonamides is 1. The molecule has 3 aromatic rings. The van der Waals surface area contributed by atoms with Crippen LogP contribution >= 0.6 is 34.8 Å². The van der Waals surface area contributed by atoms with E-state index in [0.717, 1.165) is 16.1 Å². The van der Waals surface area contributed by atoms with Gasteiger partial charge in [0.2, 0.25) is 10.0 Å². The largest absolute Gasteiger partial charge is 0.272 e. The van der Waals surface area contributed by atoms with Crippen LogP contribution in [0.2, 0.25) is 15.1 Å². The van der Waals surface area contributed by atoms with Gasteiger partial charge in [0.05, 0.1) is 22.7 Å². The molecule has 1 amide bonds. The number of aryl methyl sites for hydroxylation is 1. The first-order valence-electron chi connectivity index (χ1n) is 9.85. The number of hydrogen-bond acceptors (Lipinski definition) is 4. The van der Waals surface area contributed by atoms with Crippen molar-refractivity contribution in [3.8, 4) is 0 Å². The predicted octanol–water partition coefficient (Wildman–Crippen LogP) is 5.44. The number of hydrazone groups is 1.